The number of benzene rings is 1. The molecule has 1 unspecified atom stereocenters. The van der Waals surface area contributed by atoms with Crippen LogP contribution >= 0.6 is 12.2 Å². The zero-order valence-corrected chi connectivity index (χ0v) is 10.3. The summed E-state index contributed by atoms with van der Waals surface area (Å²) < 4.78 is 1.76. The van der Waals surface area contributed by atoms with Crippen LogP contribution in [0.1, 0.15) is 6.92 Å². The van der Waals surface area contributed by atoms with E-state index in [1.807, 2.05) is 25.1 Å². The first-order chi connectivity index (χ1) is 8.09. The third-order valence-electron chi connectivity index (χ3n) is 2.69. The maximum Gasteiger partial charge on any atom is 0.207 e. The second-order valence-electron chi connectivity index (χ2n) is 4.01. The Labute approximate surface area is 104 Å². The van der Waals surface area contributed by atoms with Crippen LogP contribution in [0, 0.1) is 5.92 Å². The van der Waals surface area contributed by atoms with Gasteiger partial charge < -0.3 is 5.73 Å². The summed E-state index contributed by atoms with van der Waals surface area (Å²) in [7, 11) is 0. The van der Waals surface area contributed by atoms with E-state index < -0.39 is 0 Å². The minimum atomic E-state index is -0.0696. The fourth-order valence-electron chi connectivity index (χ4n) is 1.66. The first kappa shape index (κ1) is 11.7. The quantitative estimate of drug-likeness (QED) is 0.831. The maximum absolute atomic E-state index is 11.6. The lowest BCUT2D eigenvalue weighted by atomic mass is 10.1. The number of aromatic nitrogens is 2. The van der Waals surface area contributed by atoms with Gasteiger partial charge >= 0.3 is 0 Å². The summed E-state index contributed by atoms with van der Waals surface area (Å²) in [4.78, 5) is 12.1. The number of thiocarbonyl (C=S) groups is 1. The lowest BCUT2D eigenvalue weighted by Crippen LogP contribution is -2.25. The smallest absolute Gasteiger partial charge is 0.207 e. The van der Waals surface area contributed by atoms with E-state index in [-0.39, 0.29) is 11.3 Å². The molecular weight excluding hydrogens is 234 g/mol. The Morgan fingerprint density at radius 2 is 2.24 bits per heavy atom. The van der Waals surface area contributed by atoms with Crippen LogP contribution in [0.25, 0.3) is 10.9 Å². The van der Waals surface area contributed by atoms with Crippen LogP contribution in [0.2, 0.25) is 0 Å². The molecule has 0 aliphatic carbocycles. The van der Waals surface area contributed by atoms with Crippen molar-refractivity contribution in [3.8, 4) is 0 Å². The molecule has 1 aromatic carbocycles. The molecule has 0 amide bonds. The molecule has 0 aliphatic heterocycles. The molecule has 2 N–H and O–H groups in total. The standard InChI is InChI=1S/C12H13N3OS/c1-8(12(13)17)7-15-10-5-3-2-4-9(10)11(16)6-14-15/h2-6,8H,7H2,1H3,(H2,13,17). The molecule has 1 aromatic heterocycles. The van der Waals surface area contributed by atoms with E-state index in [0.29, 0.717) is 16.9 Å². The minimum Gasteiger partial charge on any atom is -0.393 e. The summed E-state index contributed by atoms with van der Waals surface area (Å²) in [6, 6.07) is 7.38. The van der Waals surface area contributed by atoms with E-state index in [4.69, 9.17) is 18.0 Å². The molecular formula is C12H13N3OS. The van der Waals surface area contributed by atoms with E-state index in [1.165, 1.54) is 6.20 Å². The number of nitrogens with zero attached hydrogens (tertiary/aromatic N) is 2. The van der Waals surface area contributed by atoms with Crippen molar-refractivity contribution in [3.63, 3.8) is 0 Å². The molecule has 17 heavy (non-hydrogen) atoms. The largest absolute Gasteiger partial charge is 0.393 e. The highest BCUT2D eigenvalue weighted by molar-refractivity contribution is 7.80. The highest BCUT2D eigenvalue weighted by Gasteiger charge is 2.09. The van der Waals surface area contributed by atoms with Crippen LogP contribution in [0.3, 0.4) is 0 Å². The Hall–Kier alpha value is -1.75. The topological polar surface area (TPSA) is 60.9 Å². The average Bonchev–Trinajstić information content (AvgIpc) is 2.33. The van der Waals surface area contributed by atoms with Gasteiger partial charge in [0, 0.05) is 11.3 Å². The first-order valence-corrected chi connectivity index (χ1v) is 5.74. The Balaban J connectivity index is 2.52. The van der Waals surface area contributed by atoms with E-state index in [1.54, 1.807) is 10.7 Å². The van der Waals surface area contributed by atoms with Gasteiger partial charge in [-0.05, 0) is 12.1 Å². The van der Waals surface area contributed by atoms with Crippen LogP contribution in [0.5, 0.6) is 0 Å². The average molecular weight is 247 g/mol. The van der Waals surface area contributed by atoms with Gasteiger partial charge in [-0.15, -0.1) is 0 Å². The summed E-state index contributed by atoms with van der Waals surface area (Å²) >= 11 is 4.94. The summed E-state index contributed by atoms with van der Waals surface area (Å²) in [6.07, 6.45) is 1.33. The Bertz CT molecular complexity index is 620. The van der Waals surface area contributed by atoms with Gasteiger partial charge in [-0.3, -0.25) is 9.48 Å². The molecule has 1 atom stereocenters. The summed E-state index contributed by atoms with van der Waals surface area (Å²) in [6.45, 7) is 2.52. The molecule has 0 bridgehead atoms. The molecule has 5 heteroatoms. The first-order valence-electron chi connectivity index (χ1n) is 5.34. The number of hydrogen-bond acceptors (Lipinski definition) is 3. The van der Waals surface area contributed by atoms with Gasteiger partial charge in [-0.2, -0.15) is 5.10 Å². The van der Waals surface area contributed by atoms with E-state index in [2.05, 4.69) is 5.10 Å². The zero-order valence-electron chi connectivity index (χ0n) is 9.46. The highest BCUT2D eigenvalue weighted by Crippen LogP contribution is 2.10. The summed E-state index contributed by atoms with van der Waals surface area (Å²) in [5, 5.41) is 4.78. The third kappa shape index (κ3) is 2.34. The number of para-hydroxylation sites is 1. The second-order valence-corrected chi connectivity index (χ2v) is 4.48. The van der Waals surface area contributed by atoms with Crippen molar-refractivity contribution in [1.29, 1.82) is 0 Å². The van der Waals surface area contributed by atoms with Crippen LogP contribution < -0.4 is 11.2 Å². The SMILES string of the molecule is CC(Cn1ncc(=O)c2ccccc21)C(N)=S. The van der Waals surface area contributed by atoms with E-state index in [0.717, 1.165) is 5.52 Å². The highest BCUT2D eigenvalue weighted by atomic mass is 32.1. The molecule has 88 valence electrons. The molecule has 0 saturated heterocycles. The van der Waals surface area contributed by atoms with Gasteiger partial charge in [0.1, 0.15) is 0 Å². The number of rotatable bonds is 3. The molecule has 2 rings (SSSR count). The van der Waals surface area contributed by atoms with Crippen molar-refractivity contribution >= 4 is 28.1 Å². The van der Waals surface area contributed by atoms with E-state index in [9.17, 15) is 4.79 Å². The van der Waals surface area contributed by atoms with Gasteiger partial charge in [0.15, 0.2) is 0 Å². The van der Waals surface area contributed by atoms with Gasteiger partial charge in [0.05, 0.1) is 23.2 Å². The molecule has 0 fully saturated rings. The van der Waals surface area contributed by atoms with Crippen LogP contribution in [0.4, 0.5) is 0 Å². The number of fused-ring (bicyclic) bond motifs is 1. The fourth-order valence-corrected chi connectivity index (χ4v) is 1.73. The van der Waals surface area contributed by atoms with Gasteiger partial charge in [-0.1, -0.05) is 31.3 Å². The molecule has 0 saturated carbocycles. The normalized spacial score (nSPS) is 12.5. The van der Waals surface area contributed by atoms with Gasteiger partial charge in [0.2, 0.25) is 5.43 Å². The lowest BCUT2D eigenvalue weighted by Gasteiger charge is -2.13. The van der Waals surface area contributed by atoms with Crippen LogP contribution in [-0.4, -0.2) is 14.8 Å². The second kappa shape index (κ2) is 4.63. The predicted octanol–water partition coefficient (Wildman–Crippen LogP) is 1.32. The Morgan fingerprint density at radius 3 is 2.94 bits per heavy atom. The van der Waals surface area contributed by atoms with Crippen molar-refractivity contribution in [1.82, 2.24) is 9.78 Å². The Kier molecular flexibility index (Phi) is 3.19. The van der Waals surface area contributed by atoms with Crippen molar-refractivity contribution in [2.75, 3.05) is 0 Å². The number of hydrogen-bond donors (Lipinski definition) is 1. The van der Waals surface area contributed by atoms with Crippen LogP contribution in [0.15, 0.2) is 35.3 Å². The monoisotopic (exact) mass is 247 g/mol. The molecule has 4 nitrogen and oxygen atoms in total. The van der Waals surface area contributed by atoms with E-state index >= 15 is 0 Å². The molecule has 0 aliphatic rings. The lowest BCUT2D eigenvalue weighted by molar-refractivity contribution is 0.550. The van der Waals surface area contributed by atoms with Crippen LogP contribution in [-0.2, 0) is 6.54 Å². The molecule has 0 spiro atoms. The van der Waals surface area contributed by atoms with Crippen molar-refractivity contribution in [2.45, 2.75) is 13.5 Å². The number of nitrogens with two attached hydrogens (primary N) is 1. The predicted molar refractivity (Wildman–Crippen MR) is 72.0 cm³/mol. The zero-order chi connectivity index (χ0) is 12.4. The molecule has 0 radical (unpaired) electrons. The fraction of sp³-hybridized carbons (Fsp3) is 0.250. The van der Waals surface area contributed by atoms with Crippen molar-refractivity contribution in [2.24, 2.45) is 11.7 Å². The van der Waals surface area contributed by atoms with Crippen molar-refractivity contribution in [3.05, 3.63) is 40.7 Å². The third-order valence-corrected chi connectivity index (χ3v) is 3.10. The molecule has 1 heterocycles. The van der Waals surface area contributed by atoms with Gasteiger partial charge in [0.25, 0.3) is 0 Å². The summed E-state index contributed by atoms with van der Waals surface area (Å²) in [5.41, 5.74) is 6.33. The van der Waals surface area contributed by atoms with Gasteiger partial charge in [-0.25, -0.2) is 0 Å². The maximum atomic E-state index is 11.6. The Morgan fingerprint density at radius 1 is 1.53 bits per heavy atom. The summed E-state index contributed by atoms with van der Waals surface area (Å²) in [5.74, 6) is 0.0448. The molecule has 2 aromatic rings. The van der Waals surface area contributed by atoms with Crippen molar-refractivity contribution < 1.29 is 0 Å². The minimum absolute atomic E-state index is 0.0448.